The summed E-state index contributed by atoms with van der Waals surface area (Å²) in [5, 5.41) is 15.9. The van der Waals surface area contributed by atoms with E-state index in [1.807, 2.05) is 0 Å². The Labute approximate surface area is 144 Å². The van der Waals surface area contributed by atoms with Gasteiger partial charge in [-0.3, -0.25) is 19.7 Å². The molecular weight excluding hydrogens is 322 g/mol. The second-order valence-corrected chi connectivity index (χ2v) is 5.22. The second kappa shape index (κ2) is 7.75. The lowest BCUT2D eigenvalue weighted by Crippen LogP contribution is -2.41. The molecule has 0 aliphatic rings. The summed E-state index contributed by atoms with van der Waals surface area (Å²) in [6.45, 7) is 1.51. The maximum absolute atomic E-state index is 12.2. The Morgan fingerprint density at radius 2 is 1.92 bits per heavy atom. The van der Waals surface area contributed by atoms with Crippen LogP contribution in [0.5, 0.6) is 0 Å². The second-order valence-electron chi connectivity index (χ2n) is 5.22. The van der Waals surface area contributed by atoms with E-state index in [4.69, 9.17) is 6.42 Å². The van der Waals surface area contributed by atoms with Gasteiger partial charge < -0.3 is 10.6 Å². The lowest BCUT2D eigenvalue weighted by Gasteiger charge is -2.14. The summed E-state index contributed by atoms with van der Waals surface area (Å²) < 4.78 is 0. The quantitative estimate of drug-likeness (QED) is 0.497. The maximum atomic E-state index is 12.2. The first-order valence-corrected chi connectivity index (χ1v) is 7.33. The molecule has 0 saturated heterocycles. The average molecular weight is 337 g/mol. The van der Waals surface area contributed by atoms with Crippen LogP contribution in [0.3, 0.4) is 0 Å². The van der Waals surface area contributed by atoms with Crippen molar-refractivity contribution >= 4 is 23.2 Å². The predicted molar refractivity (Wildman–Crippen MR) is 93.0 cm³/mol. The molecule has 2 amide bonds. The summed E-state index contributed by atoms with van der Waals surface area (Å²) in [7, 11) is 0. The number of benzene rings is 2. The molecule has 0 aliphatic carbocycles. The molecule has 0 bridgehead atoms. The minimum absolute atomic E-state index is 0.100. The fourth-order valence-electron chi connectivity index (χ4n) is 2.04. The minimum Gasteiger partial charge on any atom is -0.341 e. The number of hydrogen-bond acceptors (Lipinski definition) is 4. The number of carbonyl (C=O) groups excluding carboxylic acids is 2. The van der Waals surface area contributed by atoms with E-state index >= 15 is 0 Å². The number of hydrogen-bond donors (Lipinski definition) is 2. The van der Waals surface area contributed by atoms with Gasteiger partial charge in [-0.25, -0.2) is 0 Å². The van der Waals surface area contributed by atoms with Crippen molar-refractivity contribution in [2.45, 2.75) is 13.0 Å². The van der Waals surface area contributed by atoms with Gasteiger partial charge in [-0.05, 0) is 31.2 Å². The van der Waals surface area contributed by atoms with Crippen LogP contribution in [0.2, 0.25) is 0 Å². The Morgan fingerprint density at radius 3 is 2.60 bits per heavy atom. The molecule has 0 heterocycles. The summed E-state index contributed by atoms with van der Waals surface area (Å²) in [6.07, 6.45) is 5.31. The highest BCUT2D eigenvalue weighted by Crippen LogP contribution is 2.13. The summed E-state index contributed by atoms with van der Waals surface area (Å²) in [5.74, 6) is 1.44. The zero-order valence-electron chi connectivity index (χ0n) is 13.4. The molecule has 1 atom stereocenters. The number of nitro groups is 1. The first kappa shape index (κ1) is 17.7. The lowest BCUT2D eigenvalue weighted by molar-refractivity contribution is -0.384. The van der Waals surface area contributed by atoms with Gasteiger partial charge >= 0.3 is 0 Å². The number of terminal acetylenes is 1. The highest BCUT2D eigenvalue weighted by Gasteiger charge is 2.18. The Morgan fingerprint density at radius 1 is 1.20 bits per heavy atom. The van der Waals surface area contributed by atoms with Crippen molar-refractivity contribution in [3.63, 3.8) is 0 Å². The summed E-state index contributed by atoms with van der Waals surface area (Å²) in [6, 6.07) is 11.2. The van der Waals surface area contributed by atoms with Gasteiger partial charge in [0.1, 0.15) is 6.04 Å². The minimum atomic E-state index is -0.846. The van der Waals surface area contributed by atoms with Gasteiger partial charge in [0.2, 0.25) is 5.91 Å². The van der Waals surface area contributed by atoms with E-state index in [1.54, 1.807) is 24.3 Å². The molecule has 25 heavy (non-hydrogen) atoms. The normalized spacial score (nSPS) is 11.0. The zero-order chi connectivity index (χ0) is 18.4. The van der Waals surface area contributed by atoms with Crippen molar-refractivity contribution in [3.05, 3.63) is 69.8 Å². The van der Waals surface area contributed by atoms with Gasteiger partial charge in [0.15, 0.2) is 0 Å². The number of carbonyl (C=O) groups is 2. The summed E-state index contributed by atoms with van der Waals surface area (Å²) >= 11 is 0. The molecule has 0 spiro atoms. The van der Waals surface area contributed by atoms with Gasteiger partial charge in [-0.2, -0.15) is 0 Å². The first-order chi connectivity index (χ1) is 11.9. The van der Waals surface area contributed by atoms with E-state index in [1.165, 1.54) is 25.1 Å². The maximum Gasteiger partial charge on any atom is 0.270 e. The van der Waals surface area contributed by atoms with Gasteiger partial charge in [0.25, 0.3) is 11.6 Å². The zero-order valence-corrected chi connectivity index (χ0v) is 13.4. The SMILES string of the molecule is C#Cc1cccc(NC(=O)C(C)NC(=O)c2cccc([N+](=O)[O-])c2)c1. The molecule has 2 rings (SSSR count). The van der Waals surface area contributed by atoms with Crippen molar-refractivity contribution in [2.75, 3.05) is 5.32 Å². The smallest absolute Gasteiger partial charge is 0.270 e. The van der Waals surface area contributed by atoms with Gasteiger partial charge in [0.05, 0.1) is 4.92 Å². The molecule has 1 unspecified atom stereocenters. The Kier molecular flexibility index (Phi) is 5.48. The molecule has 0 fully saturated rings. The molecule has 2 N–H and O–H groups in total. The van der Waals surface area contributed by atoms with Crippen LogP contribution in [0.25, 0.3) is 0 Å². The molecular formula is C18H15N3O4. The standard InChI is InChI=1S/C18H15N3O4/c1-3-13-6-4-8-15(10-13)20-17(22)12(2)19-18(23)14-7-5-9-16(11-14)21(24)25/h1,4-12H,2H3,(H,19,23)(H,20,22). The molecule has 0 aliphatic heterocycles. The molecule has 126 valence electrons. The number of nitrogens with one attached hydrogen (secondary N) is 2. The van der Waals surface area contributed by atoms with E-state index in [9.17, 15) is 19.7 Å². The Balaban J connectivity index is 2.03. The van der Waals surface area contributed by atoms with Gasteiger partial charge in [-0.1, -0.05) is 18.1 Å². The van der Waals surface area contributed by atoms with E-state index in [0.29, 0.717) is 11.3 Å². The van der Waals surface area contributed by atoms with Crippen LogP contribution in [0.15, 0.2) is 48.5 Å². The largest absolute Gasteiger partial charge is 0.341 e. The summed E-state index contributed by atoms with van der Waals surface area (Å²) in [5.41, 5.74) is 1.03. The van der Waals surface area contributed by atoms with Crippen molar-refractivity contribution < 1.29 is 14.5 Å². The Hall–Kier alpha value is -3.66. The molecule has 2 aromatic carbocycles. The van der Waals surface area contributed by atoms with Gasteiger partial charge in [0, 0.05) is 28.9 Å². The average Bonchev–Trinajstić information content (AvgIpc) is 2.61. The third-order valence-electron chi connectivity index (χ3n) is 3.36. The summed E-state index contributed by atoms with van der Waals surface area (Å²) in [4.78, 5) is 34.5. The number of nitro benzene ring substituents is 1. The van der Waals surface area contributed by atoms with Crippen LogP contribution in [0.4, 0.5) is 11.4 Å². The number of amides is 2. The van der Waals surface area contributed by atoms with E-state index in [0.717, 1.165) is 6.07 Å². The topological polar surface area (TPSA) is 101 Å². The van der Waals surface area contributed by atoms with E-state index in [-0.39, 0.29) is 11.3 Å². The molecule has 7 heteroatoms. The number of anilines is 1. The van der Waals surface area contributed by atoms with Gasteiger partial charge in [-0.15, -0.1) is 6.42 Å². The number of non-ortho nitro benzene ring substituents is 1. The van der Waals surface area contributed by atoms with Crippen LogP contribution < -0.4 is 10.6 Å². The number of rotatable bonds is 5. The number of nitrogens with zero attached hydrogens (tertiary/aromatic N) is 1. The van der Waals surface area contributed by atoms with E-state index < -0.39 is 22.8 Å². The monoisotopic (exact) mass is 337 g/mol. The molecule has 0 saturated carbocycles. The molecule has 7 nitrogen and oxygen atoms in total. The van der Waals surface area contributed by atoms with Crippen molar-refractivity contribution in [3.8, 4) is 12.3 Å². The van der Waals surface area contributed by atoms with Crippen LogP contribution in [-0.2, 0) is 4.79 Å². The lowest BCUT2D eigenvalue weighted by atomic mass is 10.1. The predicted octanol–water partition coefficient (Wildman–Crippen LogP) is 2.33. The molecule has 0 radical (unpaired) electrons. The van der Waals surface area contributed by atoms with Crippen LogP contribution in [0.1, 0.15) is 22.8 Å². The third-order valence-corrected chi connectivity index (χ3v) is 3.36. The highest BCUT2D eigenvalue weighted by molar-refractivity contribution is 6.01. The van der Waals surface area contributed by atoms with Crippen molar-refractivity contribution in [1.29, 1.82) is 0 Å². The fourth-order valence-corrected chi connectivity index (χ4v) is 2.04. The molecule has 2 aromatic rings. The Bertz CT molecular complexity index is 871. The van der Waals surface area contributed by atoms with Crippen molar-refractivity contribution in [1.82, 2.24) is 5.32 Å². The van der Waals surface area contributed by atoms with E-state index in [2.05, 4.69) is 16.6 Å². The third kappa shape index (κ3) is 4.65. The molecule has 0 aromatic heterocycles. The van der Waals surface area contributed by atoms with Crippen LogP contribution >= 0.6 is 0 Å². The van der Waals surface area contributed by atoms with Crippen LogP contribution in [0, 0.1) is 22.5 Å². The fraction of sp³-hybridized carbons (Fsp3) is 0.111. The van der Waals surface area contributed by atoms with Crippen molar-refractivity contribution in [2.24, 2.45) is 0 Å². The van der Waals surface area contributed by atoms with Crippen LogP contribution in [-0.4, -0.2) is 22.8 Å². The highest BCUT2D eigenvalue weighted by atomic mass is 16.6. The first-order valence-electron chi connectivity index (χ1n) is 7.33.